The van der Waals surface area contributed by atoms with Crippen LogP contribution in [0, 0.1) is 11.2 Å². The Morgan fingerprint density at radius 3 is 1.96 bits per heavy atom. The number of ether oxygens (including phenoxy) is 2. The van der Waals surface area contributed by atoms with Crippen molar-refractivity contribution in [2.45, 2.75) is 12.6 Å². The summed E-state index contributed by atoms with van der Waals surface area (Å²) in [5, 5.41) is 12.5. The lowest BCUT2D eigenvalue weighted by atomic mass is 9.46. The third-order valence-corrected chi connectivity index (χ3v) is 3.60. The topological polar surface area (TPSA) is 136 Å². The molecule has 0 spiro atoms. The van der Waals surface area contributed by atoms with E-state index in [9.17, 15) is 5.26 Å². The molecule has 0 aliphatic heterocycles. The highest BCUT2D eigenvalue weighted by atomic mass is 16.5. The normalized spacial score (nSPS) is 11.0. The van der Waals surface area contributed by atoms with E-state index >= 15 is 0 Å². The summed E-state index contributed by atoms with van der Waals surface area (Å²) in [6, 6.07) is 0. The molecule has 0 saturated heterocycles. The molecule has 0 saturated carbocycles. The van der Waals surface area contributed by atoms with Gasteiger partial charge in [-0.2, -0.15) is 0 Å². The Morgan fingerprint density at radius 2 is 1.46 bits per heavy atom. The van der Waals surface area contributed by atoms with Crippen LogP contribution < -0.4 is 22.5 Å². The van der Waals surface area contributed by atoms with Gasteiger partial charge in [0.05, 0.1) is 26.4 Å². The van der Waals surface area contributed by atoms with E-state index in [0.717, 1.165) is 45.4 Å². The predicted molar refractivity (Wildman–Crippen MR) is 99.1 cm³/mol. The van der Waals surface area contributed by atoms with Gasteiger partial charge in [0.15, 0.2) is 0 Å². The highest BCUT2D eigenvalue weighted by Crippen LogP contribution is 2.01. The van der Waals surface area contributed by atoms with E-state index in [-0.39, 0.29) is 6.71 Å². The van der Waals surface area contributed by atoms with Crippen molar-refractivity contribution in [1.29, 1.82) is 5.26 Å². The molecule has 0 bridgehead atoms. The molecule has 0 atom stereocenters. The molecular formula is C15H35BN6O2. The van der Waals surface area contributed by atoms with Gasteiger partial charge in [-0.3, -0.25) is 4.90 Å². The van der Waals surface area contributed by atoms with E-state index in [0.29, 0.717) is 46.1 Å². The molecule has 0 aromatic rings. The van der Waals surface area contributed by atoms with Gasteiger partial charge in [0.1, 0.15) is 0 Å². The van der Waals surface area contributed by atoms with Crippen molar-refractivity contribution in [1.82, 2.24) is 10.2 Å². The SMILES string of the molecule is N#CB(CCNCCN)CCN(CCOCCN)CCOCCN. The van der Waals surface area contributed by atoms with E-state index in [4.69, 9.17) is 26.7 Å². The predicted octanol–water partition coefficient (Wildman–Crippen LogP) is -1.66. The van der Waals surface area contributed by atoms with Gasteiger partial charge in [-0.05, 0) is 25.7 Å². The lowest BCUT2D eigenvalue weighted by Gasteiger charge is -2.22. The number of rotatable bonds is 18. The van der Waals surface area contributed by atoms with Crippen molar-refractivity contribution in [2.24, 2.45) is 17.2 Å². The number of nitrogens with one attached hydrogen (secondary N) is 1. The van der Waals surface area contributed by atoms with Crippen LogP contribution in [0.15, 0.2) is 0 Å². The number of nitriles is 1. The van der Waals surface area contributed by atoms with Gasteiger partial charge in [0.2, 0.25) is 0 Å². The average Bonchev–Trinajstić information content (AvgIpc) is 2.60. The van der Waals surface area contributed by atoms with Crippen LogP contribution in [0.1, 0.15) is 0 Å². The second-order valence-electron chi connectivity index (χ2n) is 5.59. The molecule has 0 aromatic carbocycles. The van der Waals surface area contributed by atoms with Crippen LogP contribution in [0.3, 0.4) is 0 Å². The number of hydrogen-bond donors (Lipinski definition) is 4. The second kappa shape index (κ2) is 18.6. The number of hydrogen-bond acceptors (Lipinski definition) is 8. The van der Waals surface area contributed by atoms with Crippen LogP contribution in [-0.4, -0.2) is 90.4 Å². The summed E-state index contributed by atoms with van der Waals surface area (Å²) in [6.07, 6.45) is 1.69. The van der Waals surface area contributed by atoms with Gasteiger partial charge < -0.3 is 32.0 Å². The summed E-state index contributed by atoms with van der Waals surface area (Å²) in [6.45, 7) is 8.28. The smallest absolute Gasteiger partial charge is 0.270 e. The Morgan fingerprint density at radius 1 is 0.833 bits per heavy atom. The van der Waals surface area contributed by atoms with Crippen molar-refractivity contribution in [3.8, 4) is 5.97 Å². The zero-order valence-corrected chi connectivity index (χ0v) is 14.9. The molecule has 0 unspecified atom stereocenters. The minimum absolute atomic E-state index is 0.0488. The van der Waals surface area contributed by atoms with Crippen LogP contribution in [0.5, 0.6) is 0 Å². The monoisotopic (exact) mass is 342 g/mol. The fourth-order valence-corrected chi connectivity index (χ4v) is 2.21. The van der Waals surface area contributed by atoms with Crippen molar-refractivity contribution >= 4 is 6.71 Å². The molecule has 0 fully saturated rings. The largest absolute Gasteiger partial charge is 0.379 e. The molecule has 0 rings (SSSR count). The first-order chi connectivity index (χ1) is 11.8. The Bertz CT molecular complexity index is 294. The fourth-order valence-electron chi connectivity index (χ4n) is 2.21. The zero-order chi connectivity index (χ0) is 17.9. The minimum Gasteiger partial charge on any atom is -0.379 e. The van der Waals surface area contributed by atoms with Crippen LogP contribution in [-0.2, 0) is 9.47 Å². The minimum atomic E-state index is 0.0488. The molecular weight excluding hydrogens is 307 g/mol. The first-order valence-corrected chi connectivity index (χ1v) is 8.86. The van der Waals surface area contributed by atoms with Crippen LogP contribution in [0.4, 0.5) is 0 Å². The van der Waals surface area contributed by atoms with Gasteiger partial charge in [0, 0.05) is 45.2 Å². The summed E-state index contributed by atoms with van der Waals surface area (Å²) in [7, 11) is 0. The third kappa shape index (κ3) is 14.8. The van der Waals surface area contributed by atoms with Crippen molar-refractivity contribution in [2.75, 3.05) is 78.8 Å². The summed E-state index contributed by atoms with van der Waals surface area (Å²) in [4.78, 5) is 2.27. The molecule has 0 radical (unpaired) electrons. The van der Waals surface area contributed by atoms with E-state index in [1.54, 1.807) is 0 Å². The van der Waals surface area contributed by atoms with Gasteiger partial charge >= 0.3 is 0 Å². The van der Waals surface area contributed by atoms with Crippen molar-refractivity contribution in [3.63, 3.8) is 0 Å². The van der Waals surface area contributed by atoms with Gasteiger partial charge in [-0.1, -0.05) is 0 Å². The summed E-state index contributed by atoms with van der Waals surface area (Å²) in [5.41, 5.74) is 16.3. The maximum atomic E-state index is 9.29. The Balaban J connectivity index is 4.06. The summed E-state index contributed by atoms with van der Waals surface area (Å²) >= 11 is 0. The third-order valence-electron chi connectivity index (χ3n) is 3.60. The van der Waals surface area contributed by atoms with Crippen LogP contribution in [0.2, 0.25) is 12.6 Å². The standard InChI is InChI=1S/C15H35BN6O2/c17-3-7-21-6-1-16(15-20)2-8-22(9-13-23-11-4-18)10-14-24-12-5-19/h21H,1-14,17-19H2. The average molecular weight is 342 g/mol. The number of nitrogens with zero attached hydrogens (tertiary/aromatic N) is 2. The fraction of sp³-hybridized carbons (Fsp3) is 0.933. The van der Waals surface area contributed by atoms with E-state index in [1.807, 2.05) is 0 Å². The van der Waals surface area contributed by atoms with E-state index < -0.39 is 0 Å². The Kier molecular flexibility index (Phi) is 18.0. The molecule has 7 N–H and O–H groups in total. The second-order valence-corrected chi connectivity index (χ2v) is 5.59. The van der Waals surface area contributed by atoms with E-state index in [1.165, 1.54) is 0 Å². The van der Waals surface area contributed by atoms with E-state index in [2.05, 4.69) is 16.2 Å². The highest BCUT2D eigenvalue weighted by Gasteiger charge is 2.15. The Labute approximate surface area is 147 Å². The van der Waals surface area contributed by atoms with Crippen molar-refractivity contribution in [3.05, 3.63) is 0 Å². The lowest BCUT2D eigenvalue weighted by molar-refractivity contribution is 0.0814. The molecule has 0 aliphatic carbocycles. The molecule has 0 heterocycles. The summed E-state index contributed by atoms with van der Waals surface area (Å²) < 4.78 is 10.9. The molecule has 24 heavy (non-hydrogen) atoms. The number of nitrogens with two attached hydrogens (primary N) is 3. The highest BCUT2D eigenvalue weighted by molar-refractivity contribution is 6.67. The van der Waals surface area contributed by atoms with Gasteiger partial charge in [0.25, 0.3) is 6.71 Å². The summed E-state index contributed by atoms with van der Waals surface area (Å²) in [5.74, 6) is 2.39. The van der Waals surface area contributed by atoms with Gasteiger partial charge in [-0.15, -0.1) is 0 Å². The quantitative estimate of drug-likeness (QED) is 0.172. The maximum absolute atomic E-state index is 9.29. The lowest BCUT2D eigenvalue weighted by Crippen LogP contribution is -2.35. The first-order valence-electron chi connectivity index (χ1n) is 8.86. The zero-order valence-electron chi connectivity index (χ0n) is 14.9. The van der Waals surface area contributed by atoms with Crippen LogP contribution in [0.25, 0.3) is 0 Å². The van der Waals surface area contributed by atoms with Gasteiger partial charge in [-0.25, -0.2) is 5.26 Å². The maximum Gasteiger partial charge on any atom is 0.270 e. The molecule has 9 heteroatoms. The molecule has 140 valence electrons. The molecule has 8 nitrogen and oxygen atoms in total. The molecule has 0 aromatic heterocycles. The first kappa shape index (κ1) is 23.3. The van der Waals surface area contributed by atoms with Crippen molar-refractivity contribution < 1.29 is 9.47 Å². The molecule has 0 aliphatic rings. The Hall–Kier alpha value is -0.725. The van der Waals surface area contributed by atoms with Crippen LogP contribution >= 0.6 is 0 Å². The molecule has 0 amide bonds.